The standard InChI is InChI=1S/C21H28N4O.HI/c1-22-21(23-13-7-10-18-8-3-2-4-9-18)25-16-14-24(15-17-25)19-11-5-6-12-20(19)26;/h2-6,8-9,11-12,26H,7,10,13-17H2,1H3,(H,22,23);1H. The van der Waals surface area contributed by atoms with Gasteiger partial charge in [-0.15, -0.1) is 24.0 Å². The van der Waals surface area contributed by atoms with Crippen molar-refractivity contribution in [2.45, 2.75) is 12.8 Å². The molecule has 2 aromatic carbocycles. The number of hydrogen-bond acceptors (Lipinski definition) is 3. The van der Waals surface area contributed by atoms with Gasteiger partial charge in [-0.3, -0.25) is 4.99 Å². The van der Waals surface area contributed by atoms with Gasteiger partial charge in [0.2, 0.25) is 0 Å². The Kier molecular flexibility index (Phi) is 8.71. The number of aliphatic imine (C=N–C) groups is 1. The largest absolute Gasteiger partial charge is 0.506 e. The highest BCUT2D eigenvalue weighted by molar-refractivity contribution is 14.0. The lowest BCUT2D eigenvalue weighted by molar-refractivity contribution is 0.369. The van der Waals surface area contributed by atoms with E-state index in [0.717, 1.165) is 57.2 Å². The van der Waals surface area contributed by atoms with Crippen LogP contribution in [0.1, 0.15) is 12.0 Å². The number of hydrogen-bond donors (Lipinski definition) is 2. The van der Waals surface area contributed by atoms with Crippen molar-refractivity contribution < 1.29 is 5.11 Å². The van der Waals surface area contributed by atoms with Gasteiger partial charge < -0.3 is 20.2 Å². The zero-order chi connectivity index (χ0) is 18.2. The van der Waals surface area contributed by atoms with Crippen molar-refractivity contribution in [3.05, 3.63) is 60.2 Å². The van der Waals surface area contributed by atoms with Crippen LogP contribution in [0.3, 0.4) is 0 Å². The third-order valence-electron chi connectivity index (χ3n) is 4.78. The number of rotatable bonds is 5. The van der Waals surface area contributed by atoms with Crippen LogP contribution in [0.2, 0.25) is 0 Å². The summed E-state index contributed by atoms with van der Waals surface area (Å²) in [6.45, 7) is 4.46. The number of nitrogens with one attached hydrogen (secondary N) is 1. The summed E-state index contributed by atoms with van der Waals surface area (Å²) < 4.78 is 0. The van der Waals surface area contributed by atoms with E-state index in [0.29, 0.717) is 5.75 Å². The van der Waals surface area contributed by atoms with Crippen molar-refractivity contribution >= 4 is 35.6 Å². The molecular weight excluding hydrogens is 451 g/mol. The predicted molar refractivity (Wildman–Crippen MR) is 123 cm³/mol. The third-order valence-corrected chi connectivity index (χ3v) is 4.78. The smallest absolute Gasteiger partial charge is 0.193 e. The molecule has 0 atom stereocenters. The molecule has 1 heterocycles. The molecule has 0 saturated carbocycles. The molecule has 0 unspecified atom stereocenters. The van der Waals surface area contributed by atoms with E-state index in [2.05, 4.69) is 50.4 Å². The molecule has 27 heavy (non-hydrogen) atoms. The van der Waals surface area contributed by atoms with Crippen molar-refractivity contribution in [1.29, 1.82) is 0 Å². The number of para-hydroxylation sites is 2. The Morgan fingerprint density at radius 2 is 1.67 bits per heavy atom. The van der Waals surface area contributed by atoms with E-state index >= 15 is 0 Å². The first-order chi connectivity index (χ1) is 12.8. The molecule has 0 spiro atoms. The summed E-state index contributed by atoms with van der Waals surface area (Å²) in [6.07, 6.45) is 2.16. The Hall–Kier alpha value is -1.96. The topological polar surface area (TPSA) is 51.1 Å². The summed E-state index contributed by atoms with van der Waals surface area (Å²) in [4.78, 5) is 8.96. The molecule has 0 aliphatic carbocycles. The minimum atomic E-state index is 0. The van der Waals surface area contributed by atoms with Crippen molar-refractivity contribution in [1.82, 2.24) is 10.2 Å². The maximum Gasteiger partial charge on any atom is 0.193 e. The molecule has 146 valence electrons. The molecule has 0 aromatic heterocycles. The Balaban J connectivity index is 0.00000261. The van der Waals surface area contributed by atoms with E-state index in [1.807, 2.05) is 25.2 Å². The van der Waals surface area contributed by atoms with Crippen LogP contribution < -0.4 is 10.2 Å². The molecular formula is C21H29IN4O. The fourth-order valence-electron chi connectivity index (χ4n) is 3.36. The monoisotopic (exact) mass is 480 g/mol. The molecule has 1 saturated heterocycles. The van der Waals surface area contributed by atoms with Crippen LogP contribution >= 0.6 is 24.0 Å². The van der Waals surface area contributed by atoms with Gasteiger partial charge in [-0.05, 0) is 30.5 Å². The van der Waals surface area contributed by atoms with Gasteiger partial charge in [0.05, 0.1) is 5.69 Å². The summed E-state index contributed by atoms with van der Waals surface area (Å²) in [5, 5.41) is 13.5. The minimum absolute atomic E-state index is 0. The fourth-order valence-corrected chi connectivity index (χ4v) is 3.36. The van der Waals surface area contributed by atoms with Crippen LogP contribution in [0.5, 0.6) is 5.75 Å². The normalized spacial score (nSPS) is 14.6. The number of phenols is 1. The van der Waals surface area contributed by atoms with Crippen molar-refractivity contribution in [2.24, 2.45) is 4.99 Å². The summed E-state index contributed by atoms with van der Waals surface area (Å²) in [5.74, 6) is 1.32. The van der Waals surface area contributed by atoms with E-state index in [1.165, 1.54) is 5.56 Å². The van der Waals surface area contributed by atoms with Crippen molar-refractivity contribution in [3.8, 4) is 5.75 Å². The van der Waals surface area contributed by atoms with Crippen molar-refractivity contribution in [3.63, 3.8) is 0 Å². The highest BCUT2D eigenvalue weighted by Gasteiger charge is 2.21. The number of guanidine groups is 1. The number of aryl methyl sites for hydroxylation is 1. The van der Waals surface area contributed by atoms with Gasteiger partial charge in [0.25, 0.3) is 0 Å². The Morgan fingerprint density at radius 3 is 2.33 bits per heavy atom. The van der Waals surface area contributed by atoms with E-state index in [1.54, 1.807) is 6.07 Å². The average molecular weight is 480 g/mol. The molecule has 1 aliphatic heterocycles. The second kappa shape index (κ2) is 11.0. The minimum Gasteiger partial charge on any atom is -0.506 e. The Labute approximate surface area is 179 Å². The van der Waals surface area contributed by atoms with Gasteiger partial charge in [0.15, 0.2) is 5.96 Å². The predicted octanol–water partition coefficient (Wildman–Crippen LogP) is 3.34. The summed E-state index contributed by atoms with van der Waals surface area (Å²) >= 11 is 0. The van der Waals surface area contributed by atoms with Gasteiger partial charge in [0.1, 0.15) is 5.75 Å². The zero-order valence-electron chi connectivity index (χ0n) is 15.8. The molecule has 3 rings (SSSR count). The maximum atomic E-state index is 10.0. The number of benzene rings is 2. The first-order valence-corrected chi connectivity index (χ1v) is 9.30. The lowest BCUT2D eigenvalue weighted by Crippen LogP contribution is -2.52. The second-order valence-electron chi connectivity index (χ2n) is 6.53. The van der Waals surface area contributed by atoms with Crippen LogP contribution in [0.25, 0.3) is 0 Å². The second-order valence-corrected chi connectivity index (χ2v) is 6.53. The first-order valence-electron chi connectivity index (χ1n) is 9.30. The molecule has 1 aliphatic rings. The Bertz CT molecular complexity index is 715. The fraction of sp³-hybridized carbons (Fsp3) is 0.381. The van der Waals surface area contributed by atoms with Gasteiger partial charge >= 0.3 is 0 Å². The number of aromatic hydroxyl groups is 1. The average Bonchev–Trinajstić information content (AvgIpc) is 2.70. The molecule has 2 aromatic rings. The van der Waals surface area contributed by atoms with Crippen LogP contribution in [-0.4, -0.2) is 55.7 Å². The van der Waals surface area contributed by atoms with Gasteiger partial charge in [-0.1, -0.05) is 42.5 Å². The molecule has 1 fully saturated rings. The number of phenolic OH excluding ortho intramolecular Hbond substituents is 1. The number of halogens is 1. The highest BCUT2D eigenvalue weighted by Crippen LogP contribution is 2.27. The van der Waals surface area contributed by atoms with E-state index < -0.39 is 0 Å². The molecule has 0 radical (unpaired) electrons. The lowest BCUT2D eigenvalue weighted by Gasteiger charge is -2.37. The van der Waals surface area contributed by atoms with Crippen LogP contribution in [-0.2, 0) is 6.42 Å². The van der Waals surface area contributed by atoms with Gasteiger partial charge in [-0.2, -0.15) is 0 Å². The third kappa shape index (κ3) is 6.02. The first kappa shape index (κ1) is 21.3. The number of nitrogens with zero attached hydrogens (tertiary/aromatic N) is 3. The van der Waals surface area contributed by atoms with E-state index in [-0.39, 0.29) is 24.0 Å². The van der Waals surface area contributed by atoms with Gasteiger partial charge in [0, 0.05) is 39.8 Å². The van der Waals surface area contributed by atoms with Gasteiger partial charge in [-0.25, -0.2) is 0 Å². The molecule has 0 amide bonds. The molecule has 6 heteroatoms. The summed E-state index contributed by atoms with van der Waals surface area (Å²) in [5.41, 5.74) is 2.29. The van der Waals surface area contributed by atoms with E-state index in [9.17, 15) is 5.11 Å². The summed E-state index contributed by atoms with van der Waals surface area (Å²) in [6, 6.07) is 18.1. The number of anilines is 1. The molecule has 0 bridgehead atoms. The van der Waals surface area contributed by atoms with Crippen molar-refractivity contribution in [2.75, 3.05) is 44.7 Å². The van der Waals surface area contributed by atoms with Crippen LogP contribution in [0, 0.1) is 0 Å². The zero-order valence-corrected chi connectivity index (χ0v) is 18.2. The number of piperazine rings is 1. The summed E-state index contributed by atoms with van der Waals surface area (Å²) in [7, 11) is 1.84. The van der Waals surface area contributed by atoms with Crippen LogP contribution in [0.4, 0.5) is 5.69 Å². The lowest BCUT2D eigenvalue weighted by atomic mass is 10.1. The molecule has 2 N–H and O–H groups in total. The maximum absolute atomic E-state index is 10.0. The SMILES string of the molecule is CN=C(NCCCc1ccccc1)N1CCN(c2ccccc2O)CC1.I. The highest BCUT2D eigenvalue weighted by atomic mass is 127. The molecule has 5 nitrogen and oxygen atoms in total. The Morgan fingerprint density at radius 1 is 1.00 bits per heavy atom. The van der Waals surface area contributed by atoms with Crippen LogP contribution in [0.15, 0.2) is 59.6 Å². The van der Waals surface area contributed by atoms with E-state index in [4.69, 9.17) is 0 Å². The quantitative estimate of drug-likeness (QED) is 0.299.